The van der Waals surface area contributed by atoms with Crippen LogP contribution in [0.4, 0.5) is 5.69 Å². The summed E-state index contributed by atoms with van der Waals surface area (Å²) in [5.41, 5.74) is 1.01. The molecular formula is C14H22BrNO2. The number of ether oxygens (including phenoxy) is 2. The summed E-state index contributed by atoms with van der Waals surface area (Å²) in [4.78, 5) is 0. The van der Waals surface area contributed by atoms with Crippen molar-refractivity contribution in [3.8, 4) is 0 Å². The monoisotopic (exact) mass is 315 g/mol. The molecule has 1 rings (SSSR count). The maximum Gasteiger partial charge on any atom is 0.0644 e. The van der Waals surface area contributed by atoms with Gasteiger partial charge >= 0.3 is 0 Å². The quantitative estimate of drug-likeness (QED) is 0.742. The predicted molar refractivity (Wildman–Crippen MR) is 79.2 cm³/mol. The van der Waals surface area contributed by atoms with E-state index in [0.29, 0.717) is 6.61 Å². The Labute approximate surface area is 118 Å². The molecule has 0 atom stereocenters. The number of hydrogen-bond acceptors (Lipinski definition) is 3. The predicted octanol–water partition coefficient (Wildman–Crippen LogP) is 3.69. The molecule has 0 amide bonds. The Hall–Kier alpha value is -0.580. The summed E-state index contributed by atoms with van der Waals surface area (Å²) in [6.45, 7) is 6.38. The molecule has 3 nitrogen and oxygen atoms in total. The van der Waals surface area contributed by atoms with Crippen LogP contribution in [0.25, 0.3) is 0 Å². The topological polar surface area (TPSA) is 30.5 Å². The zero-order chi connectivity index (χ0) is 13.4. The summed E-state index contributed by atoms with van der Waals surface area (Å²) in [5, 5.41) is 3.31. The van der Waals surface area contributed by atoms with E-state index in [1.807, 2.05) is 24.3 Å². The summed E-state index contributed by atoms with van der Waals surface area (Å²) in [5.74, 6) is 0. The van der Waals surface area contributed by atoms with Gasteiger partial charge in [0.05, 0.1) is 12.2 Å². The molecule has 1 aromatic carbocycles. The first-order chi connectivity index (χ1) is 8.53. The summed E-state index contributed by atoms with van der Waals surface area (Å²) in [6.07, 6.45) is 0.905. The molecule has 0 unspecified atom stereocenters. The Balaban J connectivity index is 2.07. The maximum absolute atomic E-state index is 5.57. The highest BCUT2D eigenvalue weighted by Gasteiger charge is 2.15. The molecule has 0 aliphatic rings. The highest BCUT2D eigenvalue weighted by molar-refractivity contribution is 9.10. The molecule has 1 N–H and O–H groups in total. The van der Waals surface area contributed by atoms with E-state index >= 15 is 0 Å². The van der Waals surface area contributed by atoms with Crippen LogP contribution in [-0.2, 0) is 9.47 Å². The van der Waals surface area contributed by atoms with Gasteiger partial charge in [0, 0.05) is 30.4 Å². The minimum absolute atomic E-state index is 0.0981. The van der Waals surface area contributed by atoms with E-state index in [4.69, 9.17) is 9.47 Å². The van der Waals surface area contributed by atoms with Crippen molar-refractivity contribution in [3.63, 3.8) is 0 Å². The molecule has 102 valence electrons. The van der Waals surface area contributed by atoms with Crippen LogP contribution in [0.1, 0.15) is 20.3 Å². The van der Waals surface area contributed by atoms with Crippen molar-refractivity contribution in [2.24, 2.45) is 0 Å². The van der Waals surface area contributed by atoms with Gasteiger partial charge in [-0.15, -0.1) is 0 Å². The van der Waals surface area contributed by atoms with Gasteiger partial charge in [-0.25, -0.2) is 0 Å². The van der Waals surface area contributed by atoms with Crippen molar-refractivity contribution in [2.45, 2.75) is 25.9 Å². The van der Waals surface area contributed by atoms with E-state index in [1.165, 1.54) is 0 Å². The van der Waals surface area contributed by atoms with Crippen LogP contribution in [0.15, 0.2) is 28.7 Å². The first kappa shape index (κ1) is 15.5. The summed E-state index contributed by atoms with van der Waals surface area (Å²) >= 11 is 3.41. The minimum atomic E-state index is -0.0981. The van der Waals surface area contributed by atoms with Crippen LogP contribution in [0, 0.1) is 0 Å². The van der Waals surface area contributed by atoms with Crippen LogP contribution >= 0.6 is 15.9 Å². The SMILES string of the molecule is COC(C)(C)CCOCCNc1ccc(Br)cc1. The Kier molecular flexibility index (Phi) is 6.68. The van der Waals surface area contributed by atoms with Crippen molar-refractivity contribution >= 4 is 21.6 Å². The second-order valence-electron chi connectivity index (χ2n) is 4.76. The van der Waals surface area contributed by atoms with E-state index < -0.39 is 0 Å². The van der Waals surface area contributed by atoms with E-state index in [9.17, 15) is 0 Å². The molecule has 18 heavy (non-hydrogen) atoms. The molecule has 4 heteroatoms. The number of benzene rings is 1. The van der Waals surface area contributed by atoms with E-state index in [2.05, 4.69) is 35.1 Å². The smallest absolute Gasteiger partial charge is 0.0644 e. The third-order valence-electron chi connectivity index (χ3n) is 2.82. The second kappa shape index (κ2) is 7.77. The van der Waals surface area contributed by atoms with Crippen molar-refractivity contribution in [1.29, 1.82) is 0 Å². The molecule has 0 aromatic heterocycles. The van der Waals surface area contributed by atoms with Crippen LogP contribution in [-0.4, -0.2) is 32.5 Å². The minimum Gasteiger partial charge on any atom is -0.383 e. The molecule has 0 aliphatic carbocycles. The Bertz CT molecular complexity index is 338. The van der Waals surface area contributed by atoms with Gasteiger partial charge in [0.25, 0.3) is 0 Å². The molecule has 0 saturated heterocycles. The van der Waals surface area contributed by atoms with Gasteiger partial charge in [0.1, 0.15) is 0 Å². The number of rotatable bonds is 8. The third-order valence-corrected chi connectivity index (χ3v) is 3.35. The summed E-state index contributed by atoms with van der Waals surface area (Å²) in [6, 6.07) is 8.12. The molecular weight excluding hydrogens is 294 g/mol. The first-order valence-corrected chi connectivity index (χ1v) is 6.95. The standard InChI is InChI=1S/C14H22BrNO2/c1-14(2,17-3)8-10-18-11-9-16-13-6-4-12(15)5-7-13/h4-7,16H,8-11H2,1-3H3. The lowest BCUT2D eigenvalue weighted by Gasteiger charge is -2.22. The molecule has 0 radical (unpaired) electrons. The highest BCUT2D eigenvalue weighted by atomic mass is 79.9. The molecule has 0 heterocycles. The van der Waals surface area contributed by atoms with Gasteiger partial charge in [-0.1, -0.05) is 15.9 Å². The number of anilines is 1. The molecule has 0 spiro atoms. The van der Waals surface area contributed by atoms with Gasteiger partial charge in [-0.3, -0.25) is 0 Å². The molecule has 0 saturated carbocycles. The normalized spacial score (nSPS) is 11.6. The molecule has 0 bridgehead atoms. The van der Waals surface area contributed by atoms with Crippen LogP contribution < -0.4 is 5.32 Å². The molecule has 1 aromatic rings. The van der Waals surface area contributed by atoms with Crippen molar-refractivity contribution < 1.29 is 9.47 Å². The fourth-order valence-corrected chi connectivity index (χ4v) is 1.62. The van der Waals surface area contributed by atoms with Crippen LogP contribution in [0.3, 0.4) is 0 Å². The lowest BCUT2D eigenvalue weighted by Crippen LogP contribution is -2.25. The number of hydrogen-bond donors (Lipinski definition) is 1. The average molecular weight is 316 g/mol. The van der Waals surface area contributed by atoms with E-state index in [-0.39, 0.29) is 5.60 Å². The Morgan fingerprint density at radius 2 is 1.83 bits per heavy atom. The number of nitrogens with one attached hydrogen (secondary N) is 1. The third kappa shape index (κ3) is 6.38. The number of methoxy groups -OCH3 is 1. The zero-order valence-electron chi connectivity index (χ0n) is 11.3. The highest BCUT2D eigenvalue weighted by Crippen LogP contribution is 2.14. The van der Waals surface area contributed by atoms with Crippen molar-refractivity contribution in [1.82, 2.24) is 0 Å². The van der Waals surface area contributed by atoms with Crippen molar-refractivity contribution in [2.75, 3.05) is 32.2 Å². The molecule has 0 fully saturated rings. The lowest BCUT2D eigenvalue weighted by molar-refractivity contribution is -0.00856. The fourth-order valence-electron chi connectivity index (χ4n) is 1.36. The van der Waals surface area contributed by atoms with Gasteiger partial charge in [0.2, 0.25) is 0 Å². The summed E-state index contributed by atoms with van der Waals surface area (Å²) < 4.78 is 12.0. The number of halogens is 1. The van der Waals surface area contributed by atoms with Gasteiger partial charge < -0.3 is 14.8 Å². The zero-order valence-corrected chi connectivity index (χ0v) is 12.9. The molecule has 0 aliphatic heterocycles. The van der Waals surface area contributed by atoms with Gasteiger partial charge in [0.15, 0.2) is 0 Å². The van der Waals surface area contributed by atoms with Gasteiger partial charge in [-0.2, -0.15) is 0 Å². The Morgan fingerprint density at radius 3 is 2.44 bits per heavy atom. The van der Waals surface area contributed by atoms with E-state index in [0.717, 1.165) is 29.7 Å². The second-order valence-corrected chi connectivity index (χ2v) is 5.68. The largest absolute Gasteiger partial charge is 0.383 e. The van der Waals surface area contributed by atoms with Crippen molar-refractivity contribution in [3.05, 3.63) is 28.7 Å². The Morgan fingerprint density at radius 1 is 1.17 bits per heavy atom. The van der Waals surface area contributed by atoms with Gasteiger partial charge in [-0.05, 0) is 44.5 Å². The van der Waals surface area contributed by atoms with Crippen LogP contribution in [0.2, 0.25) is 0 Å². The maximum atomic E-state index is 5.57. The summed E-state index contributed by atoms with van der Waals surface area (Å²) in [7, 11) is 1.73. The fraction of sp³-hybridized carbons (Fsp3) is 0.571. The lowest BCUT2D eigenvalue weighted by atomic mass is 10.1. The van der Waals surface area contributed by atoms with E-state index in [1.54, 1.807) is 7.11 Å². The average Bonchev–Trinajstić information content (AvgIpc) is 2.36. The first-order valence-electron chi connectivity index (χ1n) is 6.16. The van der Waals surface area contributed by atoms with Crippen LogP contribution in [0.5, 0.6) is 0 Å².